The molecule has 2 N–H and O–H groups in total. The lowest BCUT2D eigenvalue weighted by molar-refractivity contribution is -0.119. The maximum absolute atomic E-state index is 13.1. The molecule has 0 spiro atoms. The van der Waals surface area contributed by atoms with Crippen LogP contribution in [0.1, 0.15) is 11.3 Å². The number of carbonyl (C=O) groups excluding carboxylic acids is 2. The minimum atomic E-state index is -4.04. The predicted molar refractivity (Wildman–Crippen MR) is 129 cm³/mol. The number of benzene rings is 2. The highest BCUT2D eigenvalue weighted by molar-refractivity contribution is 7.89. The Hall–Kier alpha value is -4.09. The zero-order valence-electron chi connectivity index (χ0n) is 19.0. The molecule has 10 nitrogen and oxygen atoms in total. The SMILES string of the molecule is COc1cc(C=CC(=O)N2CC(=O)Nc3ccccc32)cc(S(=O)(=O)NCc2ccco2)c1OC. The van der Waals surface area contributed by atoms with Crippen molar-refractivity contribution in [3.8, 4) is 11.5 Å². The number of hydrogen-bond donors (Lipinski definition) is 2. The number of sulfonamides is 1. The molecule has 0 saturated carbocycles. The van der Waals surface area contributed by atoms with Crippen LogP contribution in [0.15, 0.2) is 70.2 Å². The minimum absolute atomic E-state index is 0.0181. The quantitative estimate of drug-likeness (QED) is 0.458. The number of para-hydroxylation sites is 2. The zero-order valence-corrected chi connectivity index (χ0v) is 19.8. The molecule has 0 aliphatic carbocycles. The number of nitrogens with one attached hydrogen (secondary N) is 2. The Bertz CT molecular complexity index is 1380. The number of hydrogen-bond acceptors (Lipinski definition) is 7. The summed E-state index contributed by atoms with van der Waals surface area (Å²) in [7, 11) is -1.32. The van der Waals surface area contributed by atoms with Gasteiger partial charge < -0.3 is 19.2 Å². The first-order valence-corrected chi connectivity index (χ1v) is 12.0. The van der Waals surface area contributed by atoms with Crippen molar-refractivity contribution in [2.24, 2.45) is 0 Å². The van der Waals surface area contributed by atoms with Crippen LogP contribution < -0.4 is 24.4 Å². The first-order chi connectivity index (χ1) is 16.8. The zero-order chi connectivity index (χ0) is 25.0. The van der Waals surface area contributed by atoms with E-state index < -0.39 is 15.9 Å². The van der Waals surface area contributed by atoms with Crippen LogP contribution in [-0.2, 0) is 26.2 Å². The Morgan fingerprint density at radius 3 is 2.69 bits per heavy atom. The van der Waals surface area contributed by atoms with Gasteiger partial charge in [-0.25, -0.2) is 13.1 Å². The monoisotopic (exact) mass is 497 g/mol. The average Bonchev–Trinajstić information content (AvgIpc) is 3.38. The summed E-state index contributed by atoms with van der Waals surface area (Å²) in [4.78, 5) is 26.1. The molecule has 35 heavy (non-hydrogen) atoms. The van der Waals surface area contributed by atoms with Gasteiger partial charge in [-0.1, -0.05) is 12.1 Å². The van der Waals surface area contributed by atoms with Crippen molar-refractivity contribution in [1.82, 2.24) is 4.72 Å². The third-order valence-electron chi connectivity index (χ3n) is 5.23. The number of ether oxygens (including phenoxy) is 2. The molecular formula is C24H23N3O7S. The van der Waals surface area contributed by atoms with E-state index in [2.05, 4.69) is 10.0 Å². The van der Waals surface area contributed by atoms with Gasteiger partial charge in [0, 0.05) is 6.08 Å². The van der Waals surface area contributed by atoms with Crippen LogP contribution in [0, 0.1) is 0 Å². The predicted octanol–water partition coefficient (Wildman–Crippen LogP) is 2.77. The Labute approximate surface area is 202 Å². The van der Waals surface area contributed by atoms with Gasteiger partial charge in [0.1, 0.15) is 17.2 Å². The van der Waals surface area contributed by atoms with Crippen molar-refractivity contribution in [3.05, 3.63) is 72.2 Å². The molecule has 1 aliphatic rings. The van der Waals surface area contributed by atoms with Gasteiger partial charge in [0.25, 0.3) is 5.91 Å². The number of nitrogens with zero attached hydrogens (tertiary/aromatic N) is 1. The number of methoxy groups -OCH3 is 2. The van der Waals surface area contributed by atoms with Crippen molar-refractivity contribution in [1.29, 1.82) is 0 Å². The highest BCUT2D eigenvalue weighted by Crippen LogP contribution is 2.36. The molecule has 2 amide bonds. The number of fused-ring (bicyclic) bond motifs is 1. The summed E-state index contributed by atoms with van der Waals surface area (Å²) in [5, 5.41) is 2.72. The lowest BCUT2D eigenvalue weighted by Gasteiger charge is -2.28. The third-order valence-corrected chi connectivity index (χ3v) is 6.63. The Kier molecular flexibility index (Phi) is 6.90. The molecule has 0 atom stereocenters. The van der Waals surface area contributed by atoms with Gasteiger partial charge in [0.2, 0.25) is 15.9 Å². The van der Waals surface area contributed by atoms with Crippen molar-refractivity contribution < 1.29 is 31.9 Å². The van der Waals surface area contributed by atoms with E-state index in [9.17, 15) is 18.0 Å². The standard InChI is InChI=1S/C24H23N3O7S/c1-32-20-12-16(9-10-23(29)27-15-22(28)26-18-7-3-4-8-19(18)27)13-21(24(20)33-2)35(30,31)25-14-17-6-5-11-34-17/h3-13,25H,14-15H2,1-2H3,(H,26,28). The first-order valence-electron chi connectivity index (χ1n) is 10.5. The van der Waals surface area contributed by atoms with E-state index in [1.54, 1.807) is 42.5 Å². The minimum Gasteiger partial charge on any atom is -0.493 e. The van der Waals surface area contributed by atoms with Gasteiger partial charge in [-0.15, -0.1) is 0 Å². The van der Waals surface area contributed by atoms with Crippen molar-refractivity contribution in [2.75, 3.05) is 31.0 Å². The van der Waals surface area contributed by atoms with Crippen molar-refractivity contribution in [3.63, 3.8) is 0 Å². The first kappa shape index (κ1) is 24.0. The molecule has 0 unspecified atom stereocenters. The second-order valence-corrected chi connectivity index (χ2v) is 9.22. The molecule has 0 saturated heterocycles. The Morgan fingerprint density at radius 1 is 1.17 bits per heavy atom. The topological polar surface area (TPSA) is 127 Å². The maximum Gasteiger partial charge on any atom is 0.251 e. The number of furan rings is 1. The molecule has 0 bridgehead atoms. The van der Waals surface area contributed by atoms with Crippen LogP contribution >= 0.6 is 0 Å². The average molecular weight is 498 g/mol. The summed E-state index contributed by atoms with van der Waals surface area (Å²) in [6.45, 7) is -0.196. The number of rotatable bonds is 8. The van der Waals surface area contributed by atoms with Crippen LogP contribution in [0.5, 0.6) is 11.5 Å². The molecule has 1 aliphatic heterocycles. The summed E-state index contributed by atoms with van der Waals surface area (Å²) >= 11 is 0. The van der Waals surface area contributed by atoms with Crippen LogP contribution in [0.25, 0.3) is 6.08 Å². The molecule has 4 rings (SSSR count). The van der Waals surface area contributed by atoms with Gasteiger partial charge in [-0.3, -0.25) is 14.5 Å². The van der Waals surface area contributed by atoms with Gasteiger partial charge in [0.15, 0.2) is 11.5 Å². The summed E-state index contributed by atoms with van der Waals surface area (Å²) in [5.74, 6) is -0.130. The molecule has 182 valence electrons. The maximum atomic E-state index is 13.1. The molecular weight excluding hydrogens is 474 g/mol. The second kappa shape index (κ2) is 10.0. The van der Waals surface area contributed by atoms with Crippen LogP contribution in [-0.4, -0.2) is 41.0 Å². The van der Waals surface area contributed by atoms with Crippen molar-refractivity contribution in [2.45, 2.75) is 11.4 Å². The third kappa shape index (κ3) is 5.20. The highest BCUT2D eigenvalue weighted by Gasteiger charge is 2.26. The Balaban J connectivity index is 1.64. The second-order valence-electron chi connectivity index (χ2n) is 7.48. The fourth-order valence-corrected chi connectivity index (χ4v) is 4.80. The molecule has 11 heteroatoms. The molecule has 0 radical (unpaired) electrons. The molecule has 0 fully saturated rings. The van der Waals surface area contributed by atoms with Gasteiger partial charge in [-0.2, -0.15) is 0 Å². The molecule has 1 aromatic heterocycles. The smallest absolute Gasteiger partial charge is 0.251 e. The lowest BCUT2D eigenvalue weighted by Crippen LogP contribution is -2.41. The summed E-state index contributed by atoms with van der Waals surface area (Å²) in [5.41, 5.74) is 1.48. The van der Waals surface area contributed by atoms with E-state index in [0.717, 1.165) is 0 Å². The molecule has 3 aromatic rings. The highest BCUT2D eigenvalue weighted by atomic mass is 32.2. The number of amides is 2. The van der Waals surface area contributed by atoms with Gasteiger partial charge >= 0.3 is 0 Å². The Morgan fingerprint density at radius 2 is 1.97 bits per heavy atom. The van der Waals surface area contributed by atoms with Gasteiger partial charge in [0.05, 0.1) is 38.4 Å². The fourth-order valence-electron chi connectivity index (χ4n) is 3.59. The summed E-state index contributed by atoms with van der Waals surface area (Å²) < 4.78 is 44.4. The van der Waals surface area contributed by atoms with Crippen LogP contribution in [0.3, 0.4) is 0 Å². The van der Waals surface area contributed by atoms with Crippen molar-refractivity contribution >= 4 is 39.3 Å². The normalized spacial score (nSPS) is 13.4. The van der Waals surface area contributed by atoms with E-state index in [-0.39, 0.29) is 35.4 Å². The fraction of sp³-hybridized carbons (Fsp3) is 0.167. The van der Waals surface area contributed by atoms with E-state index in [4.69, 9.17) is 13.9 Å². The van der Waals surface area contributed by atoms with E-state index >= 15 is 0 Å². The largest absolute Gasteiger partial charge is 0.493 e. The summed E-state index contributed by atoms with van der Waals surface area (Å²) in [6.07, 6.45) is 4.16. The van der Waals surface area contributed by atoms with Gasteiger partial charge in [-0.05, 0) is 48.0 Å². The van der Waals surface area contributed by atoms with Crippen LogP contribution in [0.2, 0.25) is 0 Å². The van der Waals surface area contributed by atoms with E-state index in [1.165, 1.54) is 43.6 Å². The van der Waals surface area contributed by atoms with E-state index in [0.29, 0.717) is 22.7 Å². The molecule has 2 heterocycles. The summed E-state index contributed by atoms with van der Waals surface area (Å²) in [6, 6.07) is 13.2. The van der Waals surface area contributed by atoms with Crippen LogP contribution in [0.4, 0.5) is 11.4 Å². The number of anilines is 2. The van der Waals surface area contributed by atoms with E-state index in [1.807, 2.05) is 0 Å². The molecule has 2 aromatic carbocycles. The number of carbonyl (C=O) groups is 2. The lowest BCUT2D eigenvalue weighted by atomic mass is 10.1.